The van der Waals surface area contributed by atoms with E-state index < -0.39 is 13.9 Å². The van der Waals surface area contributed by atoms with E-state index in [1.54, 1.807) is 7.11 Å². The minimum Gasteiger partial charge on any atom is -0.497 e. The second kappa shape index (κ2) is 5.46. The van der Waals surface area contributed by atoms with Crippen molar-refractivity contribution < 1.29 is 18.7 Å². The SMILES string of the molecule is COC(=O)[C@@H]1[C@H](C)[C@]1(O[Si](C)(C)C)c1ccc(OC)cc1. The molecular weight excluding hydrogens is 284 g/mol. The molecule has 1 aliphatic rings. The Bertz CT molecular complexity index is 520. The van der Waals surface area contributed by atoms with Crippen LogP contribution in [0.25, 0.3) is 0 Å². The minimum atomic E-state index is -1.82. The van der Waals surface area contributed by atoms with E-state index in [2.05, 4.69) is 19.6 Å². The van der Waals surface area contributed by atoms with Crippen LogP contribution >= 0.6 is 0 Å². The van der Waals surface area contributed by atoms with Gasteiger partial charge in [0.15, 0.2) is 8.32 Å². The van der Waals surface area contributed by atoms with Gasteiger partial charge in [0.25, 0.3) is 0 Å². The average molecular weight is 308 g/mol. The monoisotopic (exact) mass is 308 g/mol. The van der Waals surface area contributed by atoms with Crippen molar-refractivity contribution in [1.82, 2.24) is 0 Å². The van der Waals surface area contributed by atoms with Gasteiger partial charge in [-0.1, -0.05) is 19.1 Å². The zero-order chi connectivity index (χ0) is 15.8. The molecule has 4 nitrogen and oxygen atoms in total. The van der Waals surface area contributed by atoms with E-state index in [1.165, 1.54) is 7.11 Å². The Kier molecular flexibility index (Phi) is 4.17. The number of benzene rings is 1. The highest BCUT2D eigenvalue weighted by atomic mass is 28.4. The summed E-state index contributed by atoms with van der Waals surface area (Å²) in [6, 6.07) is 7.78. The van der Waals surface area contributed by atoms with Crippen LogP contribution in [0.1, 0.15) is 12.5 Å². The Morgan fingerprint density at radius 2 is 1.71 bits per heavy atom. The molecule has 1 aliphatic carbocycles. The van der Waals surface area contributed by atoms with Gasteiger partial charge in [-0.15, -0.1) is 0 Å². The summed E-state index contributed by atoms with van der Waals surface area (Å²) in [5, 5.41) is 0. The van der Waals surface area contributed by atoms with Crippen molar-refractivity contribution in [2.24, 2.45) is 11.8 Å². The fourth-order valence-electron chi connectivity index (χ4n) is 3.05. The third-order valence-corrected chi connectivity index (χ3v) is 4.95. The molecule has 0 bridgehead atoms. The summed E-state index contributed by atoms with van der Waals surface area (Å²) < 4.78 is 16.6. The number of hydrogen-bond acceptors (Lipinski definition) is 4. The van der Waals surface area contributed by atoms with E-state index in [0.717, 1.165) is 11.3 Å². The highest BCUT2D eigenvalue weighted by molar-refractivity contribution is 6.69. The van der Waals surface area contributed by atoms with Gasteiger partial charge in [0.2, 0.25) is 0 Å². The third kappa shape index (κ3) is 2.85. The highest BCUT2D eigenvalue weighted by Crippen LogP contribution is 2.62. The molecule has 1 fully saturated rings. The maximum atomic E-state index is 12.1. The van der Waals surface area contributed by atoms with Crippen molar-refractivity contribution in [3.05, 3.63) is 29.8 Å². The number of methoxy groups -OCH3 is 2. The van der Waals surface area contributed by atoms with Gasteiger partial charge in [0.05, 0.1) is 25.7 Å². The number of rotatable bonds is 5. The van der Waals surface area contributed by atoms with Crippen LogP contribution < -0.4 is 4.74 Å². The summed E-state index contributed by atoms with van der Waals surface area (Å²) in [4.78, 5) is 12.1. The number of carbonyl (C=O) groups is 1. The molecular formula is C16H24O4Si. The Balaban J connectivity index is 2.40. The fourth-order valence-corrected chi connectivity index (χ4v) is 4.50. The molecule has 0 unspecified atom stereocenters. The molecule has 1 saturated carbocycles. The minimum absolute atomic E-state index is 0.116. The summed E-state index contributed by atoms with van der Waals surface area (Å²) in [6.07, 6.45) is 0. The van der Waals surface area contributed by atoms with E-state index in [9.17, 15) is 4.79 Å². The highest BCUT2D eigenvalue weighted by Gasteiger charge is 2.69. The first-order chi connectivity index (χ1) is 9.76. The van der Waals surface area contributed by atoms with Crippen LogP contribution in [0.3, 0.4) is 0 Å². The van der Waals surface area contributed by atoms with E-state index in [1.807, 2.05) is 31.2 Å². The maximum Gasteiger partial charge on any atom is 0.312 e. The first-order valence-corrected chi connectivity index (χ1v) is 10.6. The van der Waals surface area contributed by atoms with E-state index in [4.69, 9.17) is 13.9 Å². The number of hydrogen-bond donors (Lipinski definition) is 0. The zero-order valence-corrected chi connectivity index (χ0v) is 14.6. The number of esters is 1. The zero-order valence-electron chi connectivity index (χ0n) is 13.6. The molecule has 21 heavy (non-hydrogen) atoms. The average Bonchev–Trinajstić information content (AvgIpc) is 3.01. The van der Waals surface area contributed by atoms with Gasteiger partial charge >= 0.3 is 5.97 Å². The van der Waals surface area contributed by atoms with Gasteiger partial charge in [0, 0.05) is 5.92 Å². The summed E-state index contributed by atoms with van der Waals surface area (Å²) >= 11 is 0. The second-order valence-corrected chi connectivity index (χ2v) is 11.0. The fraction of sp³-hybridized carbons (Fsp3) is 0.562. The molecule has 0 aliphatic heterocycles. The van der Waals surface area contributed by atoms with Gasteiger partial charge < -0.3 is 13.9 Å². The van der Waals surface area contributed by atoms with Crippen LogP contribution in [0.5, 0.6) is 5.75 Å². The van der Waals surface area contributed by atoms with Crippen molar-refractivity contribution in [3.8, 4) is 5.75 Å². The van der Waals surface area contributed by atoms with Crippen LogP contribution in [0.15, 0.2) is 24.3 Å². The molecule has 3 atom stereocenters. The smallest absolute Gasteiger partial charge is 0.312 e. The lowest BCUT2D eigenvalue weighted by Gasteiger charge is -2.28. The Morgan fingerprint density at radius 1 is 1.14 bits per heavy atom. The second-order valence-electron chi connectivity index (χ2n) is 6.53. The van der Waals surface area contributed by atoms with E-state index >= 15 is 0 Å². The summed E-state index contributed by atoms with van der Waals surface area (Å²) in [7, 11) is 1.25. The molecule has 0 N–H and O–H groups in total. The van der Waals surface area contributed by atoms with Crippen LogP contribution in [0, 0.1) is 11.8 Å². The van der Waals surface area contributed by atoms with Crippen molar-refractivity contribution in [1.29, 1.82) is 0 Å². The van der Waals surface area contributed by atoms with Gasteiger partial charge in [-0.3, -0.25) is 4.79 Å². The largest absolute Gasteiger partial charge is 0.497 e. The summed E-state index contributed by atoms with van der Waals surface area (Å²) in [5.41, 5.74) is 0.470. The van der Waals surface area contributed by atoms with Gasteiger partial charge in [-0.05, 0) is 37.3 Å². The topological polar surface area (TPSA) is 44.8 Å². The molecule has 0 aromatic heterocycles. The lowest BCUT2D eigenvalue weighted by atomic mass is 10.0. The molecule has 5 heteroatoms. The molecule has 0 amide bonds. The number of carbonyl (C=O) groups excluding carboxylic acids is 1. The molecule has 0 heterocycles. The molecule has 0 radical (unpaired) electrons. The van der Waals surface area contributed by atoms with Gasteiger partial charge in [0.1, 0.15) is 5.75 Å². The van der Waals surface area contributed by atoms with E-state index in [0.29, 0.717) is 0 Å². The Morgan fingerprint density at radius 3 is 2.14 bits per heavy atom. The first-order valence-electron chi connectivity index (χ1n) is 7.19. The molecule has 2 rings (SSSR count). The lowest BCUT2D eigenvalue weighted by Crippen LogP contribution is -2.35. The van der Waals surface area contributed by atoms with Crippen molar-refractivity contribution >= 4 is 14.3 Å². The maximum absolute atomic E-state index is 12.1. The van der Waals surface area contributed by atoms with E-state index in [-0.39, 0.29) is 17.8 Å². The van der Waals surface area contributed by atoms with Crippen molar-refractivity contribution in [2.75, 3.05) is 14.2 Å². The summed E-state index contributed by atoms with van der Waals surface area (Å²) in [5.74, 6) is 0.481. The Labute approximate surface area is 127 Å². The lowest BCUT2D eigenvalue weighted by molar-refractivity contribution is -0.144. The van der Waals surface area contributed by atoms with Crippen LogP contribution in [0.2, 0.25) is 19.6 Å². The molecule has 116 valence electrons. The normalized spacial score (nSPS) is 28.1. The van der Waals surface area contributed by atoms with Crippen LogP contribution in [0.4, 0.5) is 0 Å². The predicted molar refractivity (Wildman–Crippen MR) is 83.8 cm³/mol. The van der Waals surface area contributed by atoms with Crippen LogP contribution in [-0.2, 0) is 19.6 Å². The first kappa shape index (κ1) is 16.0. The van der Waals surface area contributed by atoms with Gasteiger partial charge in [-0.2, -0.15) is 0 Å². The third-order valence-electron chi connectivity index (χ3n) is 4.00. The predicted octanol–water partition coefficient (Wildman–Crippen LogP) is 3.18. The quantitative estimate of drug-likeness (QED) is 0.619. The molecule has 0 spiro atoms. The van der Waals surface area contributed by atoms with Gasteiger partial charge in [-0.25, -0.2) is 0 Å². The van der Waals surface area contributed by atoms with Crippen LogP contribution in [-0.4, -0.2) is 28.5 Å². The van der Waals surface area contributed by atoms with Crippen molar-refractivity contribution in [2.45, 2.75) is 32.2 Å². The number of ether oxygens (including phenoxy) is 2. The van der Waals surface area contributed by atoms with Crippen molar-refractivity contribution in [3.63, 3.8) is 0 Å². The summed E-state index contributed by atoms with van der Waals surface area (Å²) in [6.45, 7) is 8.46. The molecule has 1 aromatic rings. The Hall–Kier alpha value is -1.33. The standard InChI is InChI=1S/C16H24O4Si/c1-11-14(15(17)19-3)16(11,20-21(4,5)6)12-7-9-13(18-2)10-8-12/h7-11,14H,1-6H3/t11-,14-,16-/m0/s1. The molecule has 0 saturated heterocycles. The molecule has 1 aromatic carbocycles.